The average molecular weight is 342 g/mol. The summed E-state index contributed by atoms with van der Waals surface area (Å²) in [5, 5.41) is 15.1. The van der Waals surface area contributed by atoms with Crippen LogP contribution in [0.3, 0.4) is 0 Å². The van der Waals surface area contributed by atoms with Gasteiger partial charge in [-0.25, -0.2) is 4.68 Å². The maximum atomic E-state index is 12.5. The highest BCUT2D eigenvalue weighted by molar-refractivity contribution is 6.33. The zero-order valence-corrected chi connectivity index (χ0v) is 14.0. The molecule has 0 atom stereocenters. The second-order valence-corrected chi connectivity index (χ2v) is 5.96. The van der Waals surface area contributed by atoms with Crippen LogP contribution < -0.4 is 5.32 Å². The molecule has 0 radical (unpaired) electrons. The van der Waals surface area contributed by atoms with Gasteiger partial charge in [0.2, 0.25) is 0 Å². The molecule has 0 spiro atoms. The quantitative estimate of drug-likeness (QED) is 0.782. The van der Waals surface area contributed by atoms with Gasteiger partial charge in [-0.1, -0.05) is 35.9 Å². The third-order valence-corrected chi connectivity index (χ3v) is 3.82. The fourth-order valence-corrected chi connectivity index (χ4v) is 2.47. The second-order valence-electron chi connectivity index (χ2n) is 5.56. The molecular weight excluding hydrogens is 326 g/mol. The lowest BCUT2D eigenvalue weighted by molar-refractivity contribution is 0.102. The predicted molar refractivity (Wildman–Crippen MR) is 93.0 cm³/mol. The van der Waals surface area contributed by atoms with Crippen LogP contribution in [0.2, 0.25) is 5.02 Å². The number of amides is 1. The van der Waals surface area contributed by atoms with Crippen LogP contribution in [0.4, 0.5) is 5.69 Å². The number of anilines is 1. The van der Waals surface area contributed by atoms with E-state index in [-0.39, 0.29) is 11.9 Å². The Labute approximate surface area is 144 Å². The molecule has 1 heterocycles. The van der Waals surface area contributed by atoms with Crippen LogP contribution in [0.1, 0.15) is 30.2 Å². The largest absolute Gasteiger partial charge is 0.321 e. The molecule has 0 bridgehead atoms. The lowest BCUT2D eigenvalue weighted by atomic mass is 10.1. The zero-order chi connectivity index (χ0) is 17.1. The Bertz CT molecular complexity index is 875. The number of aromatic nitrogens is 4. The van der Waals surface area contributed by atoms with Gasteiger partial charge in [-0.3, -0.25) is 4.79 Å². The van der Waals surface area contributed by atoms with E-state index in [2.05, 4.69) is 20.8 Å². The van der Waals surface area contributed by atoms with Crippen molar-refractivity contribution in [3.63, 3.8) is 0 Å². The Balaban J connectivity index is 1.89. The van der Waals surface area contributed by atoms with E-state index in [1.807, 2.05) is 32.0 Å². The molecule has 2 aromatic carbocycles. The van der Waals surface area contributed by atoms with Gasteiger partial charge < -0.3 is 5.32 Å². The lowest BCUT2D eigenvalue weighted by Crippen LogP contribution is -2.12. The molecule has 3 rings (SSSR count). The molecule has 6 nitrogen and oxygen atoms in total. The number of nitrogens with one attached hydrogen (secondary N) is 1. The number of carbonyl (C=O) groups is 1. The summed E-state index contributed by atoms with van der Waals surface area (Å²) in [6.07, 6.45) is 0. The summed E-state index contributed by atoms with van der Waals surface area (Å²) in [4.78, 5) is 12.5. The third kappa shape index (κ3) is 3.28. The monoisotopic (exact) mass is 341 g/mol. The molecule has 0 aliphatic heterocycles. The summed E-state index contributed by atoms with van der Waals surface area (Å²) in [5.74, 6) is 0.380. The smallest absolute Gasteiger partial charge is 0.255 e. The molecule has 0 fully saturated rings. The van der Waals surface area contributed by atoms with Crippen LogP contribution in [-0.4, -0.2) is 26.1 Å². The van der Waals surface area contributed by atoms with E-state index in [9.17, 15) is 4.79 Å². The Kier molecular flexibility index (Phi) is 4.57. The highest BCUT2D eigenvalue weighted by Gasteiger charge is 2.14. The molecule has 1 amide bonds. The number of hydrogen-bond donors (Lipinski definition) is 1. The van der Waals surface area contributed by atoms with Crippen LogP contribution in [0.5, 0.6) is 0 Å². The molecule has 1 aromatic heterocycles. The summed E-state index contributed by atoms with van der Waals surface area (Å²) < 4.78 is 1.71. The van der Waals surface area contributed by atoms with Crippen molar-refractivity contribution in [3.8, 4) is 11.4 Å². The van der Waals surface area contributed by atoms with Crippen LogP contribution in [0.15, 0.2) is 48.5 Å². The number of nitrogens with zero attached hydrogens (tertiary/aromatic N) is 4. The summed E-state index contributed by atoms with van der Waals surface area (Å²) in [6, 6.07) is 14.4. The van der Waals surface area contributed by atoms with Gasteiger partial charge in [0.25, 0.3) is 5.91 Å². The SMILES string of the molecule is CC(C)n1nnnc1-c1cccc(C(=O)Nc2ccccc2Cl)c1. The van der Waals surface area contributed by atoms with Gasteiger partial charge >= 0.3 is 0 Å². The Morgan fingerprint density at radius 2 is 1.96 bits per heavy atom. The first-order chi connectivity index (χ1) is 11.6. The van der Waals surface area contributed by atoms with Crippen molar-refractivity contribution in [2.45, 2.75) is 19.9 Å². The van der Waals surface area contributed by atoms with E-state index in [0.717, 1.165) is 5.56 Å². The summed E-state index contributed by atoms with van der Waals surface area (Å²) >= 11 is 6.08. The fourth-order valence-electron chi connectivity index (χ4n) is 2.29. The zero-order valence-electron chi connectivity index (χ0n) is 13.3. The van der Waals surface area contributed by atoms with Gasteiger partial charge in [0.05, 0.1) is 16.8 Å². The van der Waals surface area contributed by atoms with Gasteiger partial charge in [-0.15, -0.1) is 5.10 Å². The van der Waals surface area contributed by atoms with Crippen LogP contribution in [0, 0.1) is 0 Å². The maximum Gasteiger partial charge on any atom is 0.255 e. The second kappa shape index (κ2) is 6.80. The van der Waals surface area contributed by atoms with Crippen molar-refractivity contribution in [1.29, 1.82) is 0 Å². The Morgan fingerprint density at radius 3 is 2.71 bits per heavy atom. The molecule has 122 valence electrons. The highest BCUT2D eigenvalue weighted by Crippen LogP contribution is 2.23. The molecular formula is C17H16ClN5O. The Morgan fingerprint density at radius 1 is 1.17 bits per heavy atom. The fraction of sp³-hybridized carbons (Fsp3) is 0.176. The lowest BCUT2D eigenvalue weighted by Gasteiger charge is -2.10. The Hall–Kier alpha value is -2.73. The summed E-state index contributed by atoms with van der Waals surface area (Å²) in [7, 11) is 0. The minimum absolute atomic E-state index is 0.121. The standard InChI is InChI=1S/C17H16ClN5O/c1-11(2)23-16(20-21-22-23)12-6-5-7-13(10-12)17(24)19-15-9-4-3-8-14(15)18/h3-11H,1-2H3,(H,19,24). The van der Waals surface area contributed by atoms with Crippen molar-refractivity contribution in [2.75, 3.05) is 5.32 Å². The molecule has 7 heteroatoms. The van der Waals surface area contributed by atoms with E-state index in [1.165, 1.54) is 0 Å². The molecule has 24 heavy (non-hydrogen) atoms. The van der Waals surface area contributed by atoms with Gasteiger partial charge in [0.15, 0.2) is 5.82 Å². The molecule has 3 aromatic rings. The number of halogens is 1. The number of hydrogen-bond acceptors (Lipinski definition) is 4. The van der Waals surface area contributed by atoms with Crippen molar-refractivity contribution < 1.29 is 4.79 Å². The average Bonchev–Trinajstić information content (AvgIpc) is 3.07. The van der Waals surface area contributed by atoms with Crippen LogP contribution in [0.25, 0.3) is 11.4 Å². The minimum atomic E-state index is -0.242. The number of benzene rings is 2. The first-order valence-corrected chi connectivity index (χ1v) is 7.88. The van der Waals surface area contributed by atoms with Gasteiger partial charge in [0, 0.05) is 11.1 Å². The van der Waals surface area contributed by atoms with Crippen LogP contribution >= 0.6 is 11.6 Å². The number of carbonyl (C=O) groups excluding carboxylic acids is 1. The molecule has 0 aliphatic rings. The van der Waals surface area contributed by atoms with E-state index in [0.29, 0.717) is 22.1 Å². The van der Waals surface area contributed by atoms with Crippen molar-refractivity contribution >= 4 is 23.2 Å². The molecule has 0 unspecified atom stereocenters. The summed E-state index contributed by atoms with van der Waals surface area (Å²) in [6.45, 7) is 3.99. The first kappa shape index (κ1) is 16.1. The molecule has 0 aliphatic carbocycles. The number of para-hydroxylation sites is 1. The predicted octanol–water partition coefficient (Wildman–Crippen LogP) is 3.83. The van der Waals surface area contributed by atoms with Crippen molar-refractivity contribution in [1.82, 2.24) is 20.2 Å². The van der Waals surface area contributed by atoms with E-state index in [1.54, 1.807) is 35.0 Å². The van der Waals surface area contributed by atoms with Crippen molar-refractivity contribution in [3.05, 3.63) is 59.1 Å². The van der Waals surface area contributed by atoms with E-state index < -0.39 is 0 Å². The van der Waals surface area contributed by atoms with E-state index >= 15 is 0 Å². The van der Waals surface area contributed by atoms with Gasteiger partial charge in [-0.05, 0) is 48.5 Å². The molecule has 1 N–H and O–H groups in total. The van der Waals surface area contributed by atoms with Gasteiger partial charge in [-0.2, -0.15) is 0 Å². The highest BCUT2D eigenvalue weighted by atomic mass is 35.5. The topological polar surface area (TPSA) is 72.7 Å². The number of rotatable bonds is 4. The number of tetrazole rings is 1. The summed E-state index contributed by atoms with van der Waals surface area (Å²) in [5.41, 5.74) is 1.85. The third-order valence-electron chi connectivity index (χ3n) is 3.49. The maximum absolute atomic E-state index is 12.5. The van der Waals surface area contributed by atoms with Gasteiger partial charge in [0.1, 0.15) is 0 Å². The van der Waals surface area contributed by atoms with E-state index in [4.69, 9.17) is 11.6 Å². The van der Waals surface area contributed by atoms with Crippen molar-refractivity contribution in [2.24, 2.45) is 0 Å². The molecule has 0 saturated heterocycles. The normalized spacial score (nSPS) is 10.8. The first-order valence-electron chi connectivity index (χ1n) is 7.50. The molecule has 0 saturated carbocycles. The minimum Gasteiger partial charge on any atom is -0.321 e. The van der Waals surface area contributed by atoms with Crippen LogP contribution in [-0.2, 0) is 0 Å².